The van der Waals surface area contributed by atoms with E-state index in [1.807, 2.05) is 14.1 Å². The maximum atomic E-state index is 11.7. The van der Waals surface area contributed by atoms with Gasteiger partial charge in [-0.1, -0.05) is 0 Å². The van der Waals surface area contributed by atoms with Gasteiger partial charge in [-0.3, -0.25) is 9.69 Å². The van der Waals surface area contributed by atoms with Crippen molar-refractivity contribution < 1.29 is 4.79 Å². The van der Waals surface area contributed by atoms with E-state index in [2.05, 4.69) is 29.2 Å². The molecule has 1 amide bonds. The highest BCUT2D eigenvalue weighted by Gasteiger charge is 2.39. The van der Waals surface area contributed by atoms with Gasteiger partial charge in [0.05, 0.1) is 6.54 Å². The Balaban J connectivity index is 1.68. The summed E-state index contributed by atoms with van der Waals surface area (Å²) in [4.78, 5) is 18.1. The van der Waals surface area contributed by atoms with E-state index in [4.69, 9.17) is 0 Å². The quantitative estimate of drug-likeness (QED) is 0.780. The number of nitrogens with zero attached hydrogens (tertiary/aromatic N) is 3. The van der Waals surface area contributed by atoms with Gasteiger partial charge in [0.15, 0.2) is 0 Å². The number of likely N-dealkylation sites (N-methyl/N-ethyl adjacent to an activating group) is 2. The van der Waals surface area contributed by atoms with Crippen LogP contribution in [0.25, 0.3) is 0 Å². The number of piperidine rings is 1. The van der Waals surface area contributed by atoms with E-state index in [9.17, 15) is 4.79 Å². The van der Waals surface area contributed by atoms with Crippen LogP contribution < -0.4 is 5.32 Å². The molecule has 0 spiro atoms. The Hall–Kier alpha value is -0.650. The van der Waals surface area contributed by atoms with Crippen LogP contribution in [0.3, 0.4) is 0 Å². The lowest BCUT2D eigenvalue weighted by Crippen LogP contribution is -2.58. The summed E-state index contributed by atoms with van der Waals surface area (Å²) in [6.45, 7) is 3.75. The molecule has 2 rings (SSSR count). The van der Waals surface area contributed by atoms with Crippen molar-refractivity contribution in [2.75, 3.05) is 54.4 Å². The highest BCUT2D eigenvalue weighted by molar-refractivity contribution is 5.77. The summed E-state index contributed by atoms with van der Waals surface area (Å²) in [6.07, 6.45) is 6.33. The van der Waals surface area contributed by atoms with Crippen LogP contribution in [0.1, 0.15) is 32.1 Å². The first-order valence-corrected chi connectivity index (χ1v) is 8.26. The fraction of sp³-hybridized carbons (Fsp3) is 0.938. The highest BCUT2D eigenvalue weighted by atomic mass is 16.2. The van der Waals surface area contributed by atoms with Crippen molar-refractivity contribution in [1.29, 1.82) is 0 Å². The third-order valence-electron chi connectivity index (χ3n) is 5.40. The van der Waals surface area contributed by atoms with Gasteiger partial charge in [0.25, 0.3) is 0 Å². The molecule has 0 aromatic rings. The van der Waals surface area contributed by atoms with Crippen molar-refractivity contribution in [3.05, 3.63) is 0 Å². The molecule has 5 nitrogen and oxygen atoms in total. The van der Waals surface area contributed by atoms with Crippen molar-refractivity contribution in [3.8, 4) is 0 Å². The van der Waals surface area contributed by atoms with Crippen molar-refractivity contribution in [2.45, 2.75) is 43.7 Å². The van der Waals surface area contributed by atoms with Gasteiger partial charge >= 0.3 is 0 Å². The van der Waals surface area contributed by atoms with Crippen LogP contribution in [0.2, 0.25) is 0 Å². The summed E-state index contributed by atoms with van der Waals surface area (Å²) >= 11 is 0. The average Bonchev–Trinajstić information content (AvgIpc) is 2.38. The van der Waals surface area contributed by atoms with Crippen LogP contribution in [0, 0.1) is 0 Å². The highest BCUT2D eigenvalue weighted by Crippen LogP contribution is 2.35. The zero-order valence-corrected chi connectivity index (χ0v) is 14.2. The lowest BCUT2D eigenvalue weighted by Gasteiger charge is -2.48. The van der Waals surface area contributed by atoms with Gasteiger partial charge in [0.2, 0.25) is 5.91 Å². The van der Waals surface area contributed by atoms with E-state index in [1.165, 1.54) is 19.3 Å². The smallest absolute Gasteiger partial charge is 0.236 e. The molecule has 0 unspecified atom stereocenters. The predicted molar refractivity (Wildman–Crippen MR) is 86.4 cm³/mol. The summed E-state index contributed by atoms with van der Waals surface area (Å²) in [5.41, 5.74) is 0.401. The predicted octanol–water partition coefficient (Wildman–Crippen LogP) is 0.613. The number of carbonyl (C=O) groups excluding carboxylic acids is 1. The largest absolute Gasteiger partial charge is 0.348 e. The third-order valence-corrected chi connectivity index (χ3v) is 5.40. The fourth-order valence-corrected chi connectivity index (χ4v) is 3.33. The Bertz CT molecular complexity index is 344. The van der Waals surface area contributed by atoms with E-state index in [0.29, 0.717) is 18.1 Å². The fourth-order valence-electron chi connectivity index (χ4n) is 3.33. The minimum atomic E-state index is 0.211. The van der Waals surface area contributed by atoms with E-state index >= 15 is 0 Å². The zero-order valence-electron chi connectivity index (χ0n) is 14.2. The van der Waals surface area contributed by atoms with Crippen LogP contribution >= 0.6 is 0 Å². The van der Waals surface area contributed by atoms with Crippen LogP contribution in [0.15, 0.2) is 0 Å². The summed E-state index contributed by atoms with van der Waals surface area (Å²) < 4.78 is 0. The number of nitrogens with one attached hydrogen (secondary N) is 1. The second-order valence-electron chi connectivity index (χ2n) is 7.19. The Morgan fingerprint density at radius 2 is 1.81 bits per heavy atom. The first kappa shape index (κ1) is 16.7. The summed E-state index contributed by atoms with van der Waals surface area (Å²) in [6, 6.07) is 0.619. The van der Waals surface area contributed by atoms with Crippen LogP contribution in [0.5, 0.6) is 0 Å². The monoisotopic (exact) mass is 296 g/mol. The van der Waals surface area contributed by atoms with Crippen LogP contribution in [0.4, 0.5) is 0 Å². The number of carbonyl (C=O) groups is 1. The molecule has 0 bridgehead atoms. The minimum Gasteiger partial charge on any atom is -0.348 e. The Kier molecular flexibility index (Phi) is 5.63. The molecule has 1 heterocycles. The second-order valence-corrected chi connectivity index (χ2v) is 7.19. The van der Waals surface area contributed by atoms with Gasteiger partial charge in [-0.25, -0.2) is 0 Å². The maximum Gasteiger partial charge on any atom is 0.236 e. The Labute approximate surface area is 129 Å². The number of rotatable bonds is 6. The van der Waals surface area contributed by atoms with Crippen LogP contribution in [-0.4, -0.2) is 86.6 Å². The molecule has 1 N–H and O–H groups in total. The Morgan fingerprint density at radius 3 is 2.24 bits per heavy atom. The van der Waals surface area contributed by atoms with Crippen molar-refractivity contribution in [3.63, 3.8) is 0 Å². The van der Waals surface area contributed by atoms with Gasteiger partial charge in [0.1, 0.15) is 0 Å². The SMILES string of the molecule is CN(C)C(=O)CN1CCC(NCC2(N(C)C)CCC2)CC1. The summed E-state index contributed by atoms with van der Waals surface area (Å²) in [5, 5.41) is 3.78. The van der Waals surface area contributed by atoms with Crippen molar-refractivity contribution in [1.82, 2.24) is 20.0 Å². The van der Waals surface area contributed by atoms with Crippen molar-refractivity contribution >= 4 is 5.91 Å². The third kappa shape index (κ3) is 4.18. The normalized spacial score (nSPS) is 23.1. The molecule has 0 atom stereocenters. The molecule has 0 aromatic carbocycles. The van der Waals surface area contributed by atoms with E-state index < -0.39 is 0 Å². The molecular weight excluding hydrogens is 264 g/mol. The van der Waals surface area contributed by atoms with Gasteiger partial charge in [-0.2, -0.15) is 0 Å². The number of hydrogen-bond donors (Lipinski definition) is 1. The van der Waals surface area contributed by atoms with Crippen molar-refractivity contribution in [2.24, 2.45) is 0 Å². The number of amides is 1. The zero-order chi connectivity index (χ0) is 15.5. The molecule has 0 radical (unpaired) electrons. The number of likely N-dealkylation sites (tertiary alicyclic amines) is 1. The molecule has 1 aliphatic carbocycles. The molecular formula is C16H32N4O. The van der Waals surface area contributed by atoms with Gasteiger partial charge in [0, 0.05) is 45.3 Å². The standard InChI is InChI=1S/C16H32N4O/c1-18(2)15(21)12-20-10-6-14(7-11-20)17-13-16(19(3)4)8-5-9-16/h14,17H,5-13H2,1-4H3. The van der Waals surface area contributed by atoms with Gasteiger partial charge < -0.3 is 15.1 Å². The second kappa shape index (κ2) is 7.07. The lowest BCUT2D eigenvalue weighted by atomic mass is 9.75. The molecule has 2 aliphatic rings. The lowest BCUT2D eigenvalue weighted by molar-refractivity contribution is -0.130. The molecule has 21 heavy (non-hydrogen) atoms. The average molecular weight is 296 g/mol. The van der Waals surface area contributed by atoms with Gasteiger partial charge in [-0.15, -0.1) is 0 Å². The molecule has 1 saturated heterocycles. The maximum absolute atomic E-state index is 11.7. The van der Waals surface area contributed by atoms with Crippen LogP contribution in [-0.2, 0) is 4.79 Å². The summed E-state index contributed by atoms with van der Waals surface area (Å²) in [7, 11) is 8.07. The molecule has 1 aliphatic heterocycles. The van der Waals surface area contributed by atoms with E-state index in [1.54, 1.807) is 4.90 Å². The molecule has 1 saturated carbocycles. The minimum absolute atomic E-state index is 0.211. The molecule has 2 fully saturated rings. The first-order chi connectivity index (χ1) is 9.93. The topological polar surface area (TPSA) is 38.8 Å². The van der Waals surface area contributed by atoms with E-state index in [-0.39, 0.29) is 5.91 Å². The van der Waals surface area contributed by atoms with E-state index in [0.717, 1.165) is 32.5 Å². The number of hydrogen-bond acceptors (Lipinski definition) is 4. The molecule has 122 valence electrons. The first-order valence-electron chi connectivity index (χ1n) is 8.26. The molecule has 0 aromatic heterocycles. The van der Waals surface area contributed by atoms with Gasteiger partial charge in [-0.05, 0) is 46.2 Å². The molecule has 5 heteroatoms. The summed E-state index contributed by atoms with van der Waals surface area (Å²) in [5.74, 6) is 0.211. The Morgan fingerprint density at radius 1 is 1.19 bits per heavy atom.